The van der Waals surface area contributed by atoms with Crippen molar-refractivity contribution in [1.82, 2.24) is 0 Å². The lowest BCUT2D eigenvalue weighted by Crippen LogP contribution is -2.30. The number of nitrogens with one attached hydrogen (secondary N) is 2. The number of hydrogen-bond donors (Lipinski definition) is 2. The molecule has 11 heteroatoms. The standard InChI is InChI=1S/C23H20F2N2O6S/c1-14(22(28)26-17-4-3-5-18(12-17)32-2)33-23(29)15-6-8-16(9-7-15)27-34(30,31)19-10-11-20(24)21(25)13-19/h3-14,27H,1-2H3,(H,26,28). The summed E-state index contributed by atoms with van der Waals surface area (Å²) < 4.78 is 63.6. The van der Waals surface area contributed by atoms with E-state index >= 15 is 0 Å². The number of rotatable bonds is 8. The summed E-state index contributed by atoms with van der Waals surface area (Å²) in [5, 5.41) is 2.61. The molecule has 2 N–H and O–H groups in total. The predicted molar refractivity (Wildman–Crippen MR) is 120 cm³/mol. The van der Waals surface area contributed by atoms with Gasteiger partial charge >= 0.3 is 5.97 Å². The second kappa shape index (κ2) is 10.3. The van der Waals surface area contributed by atoms with E-state index in [0.717, 1.165) is 6.07 Å². The van der Waals surface area contributed by atoms with Gasteiger partial charge in [-0.25, -0.2) is 22.0 Å². The number of amides is 1. The molecule has 0 aliphatic rings. The lowest BCUT2D eigenvalue weighted by molar-refractivity contribution is -0.123. The second-order valence-electron chi connectivity index (χ2n) is 7.03. The normalized spacial score (nSPS) is 11.9. The number of hydrogen-bond acceptors (Lipinski definition) is 6. The number of esters is 1. The van der Waals surface area contributed by atoms with Crippen LogP contribution in [0.3, 0.4) is 0 Å². The van der Waals surface area contributed by atoms with E-state index in [9.17, 15) is 26.8 Å². The molecule has 178 valence electrons. The van der Waals surface area contributed by atoms with Crippen molar-refractivity contribution >= 4 is 33.3 Å². The maximum absolute atomic E-state index is 13.4. The Kier molecular flexibility index (Phi) is 7.47. The van der Waals surface area contributed by atoms with Crippen LogP contribution in [0.4, 0.5) is 20.2 Å². The van der Waals surface area contributed by atoms with E-state index in [-0.39, 0.29) is 11.3 Å². The summed E-state index contributed by atoms with van der Waals surface area (Å²) in [7, 11) is -2.70. The van der Waals surface area contributed by atoms with Gasteiger partial charge in [0.25, 0.3) is 15.9 Å². The molecule has 0 saturated heterocycles. The Morgan fingerprint density at radius 3 is 2.26 bits per heavy atom. The first-order valence-electron chi connectivity index (χ1n) is 9.83. The highest BCUT2D eigenvalue weighted by Crippen LogP contribution is 2.20. The molecule has 0 saturated carbocycles. The van der Waals surface area contributed by atoms with Crippen LogP contribution in [-0.2, 0) is 19.6 Å². The Morgan fingerprint density at radius 1 is 0.912 bits per heavy atom. The molecule has 0 aliphatic carbocycles. The Bertz CT molecular complexity index is 1310. The lowest BCUT2D eigenvalue weighted by atomic mass is 10.2. The summed E-state index contributed by atoms with van der Waals surface area (Å²) >= 11 is 0. The van der Waals surface area contributed by atoms with E-state index in [1.807, 2.05) is 0 Å². The van der Waals surface area contributed by atoms with Gasteiger partial charge in [0, 0.05) is 17.4 Å². The molecule has 0 aromatic heterocycles. The maximum Gasteiger partial charge on any atom is 0.338 e. The van der Waals surface area contributed by atoms with Crippen molar-refractivity contribution in [2.45, 2.75) is 17.9 Å². The topological polar surface area (TPSA) is 111 Å². The van der Waals surface area contributed by atoms with Crippen molar-refractivity contribution in [3.63, 3.8) is 0 Å². The summed E-state index contributed by atoms with van der Waals surface area (Å²) in [6.45, 7) is 1.40. The average Bonchev–Trinajstić information content (AvgIpc) is 2.81. The largest absolute Gasteiger partial charge is 0.497 e. The molecule has 3 aromatic carbocycles. The molecular weight excluding hydrogens is 470 g/mol. The van der Waals surface area contributed by atoms with E-state index < -0.39 is 44.5 Å². The van der Waals surface area contributed by atoms with E-state index in [2.05, 4.69) is 10.0 Å². The van der Waals surface area contributed by atoms with Crippen molar-refractivity contribution in [3.05, 3.63) is 83.9 Å². The highest BCUT2D eigenvalue weighted by molar-refractivity contribution is 7.92. The van der Waals surface area contributed by atoms with Gasteiger partial charge in [0.15, 0.2) is 17.7 Å². The molecule has 34 heavy (non-hydrogen) atoms. The van der Waals surface area contributed by atoms with E-state index in [0.29, 0.717) is 23.6 Å². The molecule has 1 unspecified atom stereocenters. The Morgan fingerprint density at radius 2 is 1.62 bits per heavy atom. The van der Waals surface area contributed by atoms with Crippen LogP contribution in [-0.4, -0.2) is 33.5 Å². The van der Waals surface area contributed by atoms with Crippen LogP contribution >= 0.6 is 0 Å². The third-order valence-electron chi connectivity index (χ3n) is 4.56. The minimum atomic E-state index is -4.19. The number of halogens is 2. The zero-order valence-electron chi connectivity index (χ0n) is 18.0. The van der Waals surface area contributed by atoms with Crippen LogP contribution in [0.2, 0.25) is 0 Å². The summed E-state index contributed by atoms with van der Waals surface area (Å²) in [4.78, 5) is 24.2. The molecule has 0 aliphatic heterocycles. The van der Waals surface area contributed by atoms with Crippen LogP contribution in [0.25, 0.3) is 0 Å². The minimum absolute atomic E-state index is 0.0665. The third kappa shape index (κ3) is 6.07. The van der Waals surface area contributed by atoms with Crippen LogP contribution in [0.15, 0.2) is 71.6 Å². The molecule has 1 atom stereocenters. The van der Waals surface area contributed by atoms with Gasteiger partial charge in [0.05, 0.1) is 17.6 Å². The van der Waals surface area contributed by atoms with Crippen molar-refractivity contribution < 1.29 is 36.3 Å². The van der Waals surface area contributed by atoms with Crippen molar-refractivity contribution in [2.24, 2.45) is 0 Å². The number of anilines is 2. The maximum atomic E-state index is 13.4. The van der Waals surface area contributed by atoms with Gasteiger partial charge < -0.3 is 14.8 Å². The van der Waals surface area contributed by atoms with Crippen molar-refractivity contribution in [3.8, 4) is 5.75 Å². The first-order chi connectivity index (χ1) is 16.1. The predicted octanol–water partition coefficient (Wildman–Crippen LogP) is 3.96. The molecular formula is C23H20F2N2O6S. The van der Waals surface area contributed by atoms with Gasteiger partial charge in [-0.15, -0.1) is 0 Å². The SMILES string of the molecule is COc1cccc(NC(=O)C(C)OC(=O)c2ccc(NS(=O)(=O)c3ccc(F)c(F)c3)cc2)c1. The third-order valence-corrected chi connectivity index (χ3v) is 5.94. The fourth-order valence-electron chi connectivity index (χ4n) is 2.76. The number of carbonyl (C=O) groups is 2. The average molecular weight is 490 g/mol. The Labute approximate surface area is 194 Å². The number of sulfonamides is 1. The summed E-state index contributed by atoms with van der Waals surface area (Å²) in [6.07, 6.45) is -1.12. The van der Waals surface area contributed by atoms with Gasteiger partial charge in [-0.05, 0) is 61.5 Å². The fraction of sp³-hybridized carbons (Fsp3) is 0.130. The Balaban J connectivity index is 1.61. The van der Waals surface area contributed by atoms with E-state index in [1.165, 1.54) is 38.3 Å². The van der Waals surface area contributed by atoms with Crippen LogP contribution in [0.5, 0.6) is 5.75 Å². The highest BCUT2D eigenvalue weighted by Gasteiger charge is 2.20. The van der Waals surface area contributed by atoms with E-state index in [1.54, 1.807) is 24.3 Å². The number of ether oxygens (including phenoxy) is 2. The monoisotopic (exact) mass is 490 g/mol. The summed E-state index contributed by atoms with van der Waals surface area (Å²) in [5.41, 5.74) is 0.604. The van der Waals surface area contributed by atoms with E-state index in [4.69, 9.17) is 9.47 Å². The summed E-state index contributed by atoms with van der Waals surface area (Å²) in [5.74, 6) is -3.29. The van der Waals surface area contributed by atoms with Gasteiger partial charge in [-0.2, -0.15) is 0 Å². The molecule has 0 heterocycles. The molecule has 0 bridgehead atoms. The number of benzene rings is 3. The van der Waals surface area contributed by atoms with Gasteiger partial charge in [0.1, 0.15) is 5.75 Å². The minimum Gasteiger partial charge on any atom is -0.497 e. The van der Waals surface area contributed by atoms with Gasteiger partial charge in [-0.1, -0.05) is 6.07 Å². The smallest absolute Gasteiger partial charge is 0.338 e. The van der Waals surface area contributed by atoms with Gasteiger partial charge in [0.2, 0.25) is 0 Å². The molecule has 0 spiro atoms. The van der Waals surface area contributed by atoms with Gasteiger partial charge in [-0.3, -0.25) is 9.52 Å². The molecule has 1 amide bonds. The van der Waals surface area contributed by atoms with Crippen molar-refractivity contribution in [2.75, 3.05) is 17.1 Å². The zero-order chi connectivity index (χ0) is 24.9. The number of carbonyl (C=O) groups excluding carboxylic acids is 2. The van der Waals surface area contributed by atoms with Crippen molar-refractivity contribution in [1.29, 1.82) is 0 Å². The molecule has 0 fully saturated rings. The highest BCUT2D eigenvalue weighted by atomic mass is 32.2. The molecule has 3 aromatic rings. The van der Waals surface area contributed by atoms with Crippen LogP contribution in [0, 0.1) is 11.6 Å². The number of methoxy groups -OCH3 is 1. The zero-order valence-corrected chi connectivity index (χ0v) is 18.9. The first kappa shape index (κ1) is 24.6. The van der Waals surface area contributed by atoms with Crippen LogP contribution in [0.1, 0.15) is 17.3 Å². The summed E-state index contributed by atoms with van der Waals surface area (Å²) in [6, 6.07) is 14.0. The molecule has 8 nitrogen and oxygen atoms in total. The first-order valence-corrected chi connectivity index (χ1v) is 11.3. The quantitative estimate of drug-likeness (QED) is 0.463. The lowest BCUT2D eigenvalue weighted by Gasteiger charge is -2.14. The fourth-order valence-corrected chi connectivity index (χ4v) is 3.83. The second-order valence-corrected chi connectivity index (χ2v) is 8.71. The van der Waals surface area contributed by atoms with Crippen LogP contribution < -0.4 is 14.8 Å². The molecule has 0 radical (unpaired) electrons. The molecule has 3 rings (SSSR count). The Hall–Kier alpha value is -3.99.